The molecule has 220 valence electrons. The van der Waals surface area contributed by atoms with Crippen LogP contribution in [0.1, 0.15) is 24.1 Å². The Morgan fingerprint density at radius 3 is 2.48 bits per heavy atom. The number of hydrogen-bond donors (Lipinski definition) is 0. The number of carbonyl (C=O) groups is 1. The highest BCUT2D eigenvalue weighted by molar-refractivity contribution is 9.10. The van der Waals surface area contributed by atoms with Crippen LogP contribution in [0.25, 0.3) is 23.0 Å². The number of fused-ring (bicyclic) bond motifs is 1. The minimum Gasteiger partial charge on any atom is -0.497 e. The van der Waals surface area contributed by atoms with E-state index in [1.54, 1.807) is 35.4 Å². The molecule has 44 heavy (non-hydrogen) atoms. The number of esters is 1. The molecule has 0 radical (unpaired) electrons. The van der Waals surface area contributed by atoms with Crippen molar-refractivity contribution in [2.75, 3.05) is 13.7 Å². The highest BCUT2D eigenvalue weighted by atomic mass is 79.9. The van der Waals surface area contributed by atoms with Crippen molar-refractivity contribution in [1.82, 2.24) is 14.3 Å². The SMILES string of the molecule is C=CCOC(=O)C1=C(C)N=c2s/c(=C\c3cn(-c4ccccc4)nc3-c3ccc(Br)cc3)c(=O)n2[C@@H]1c1ccc(OC)cc1. The summed E-state index contributed by atoms with van der Waals surface area (Å²) < 4.78 is 15.6. The first kappa shape index (κ1) is 29.3. The summed E-state index contributed by atoms with van der Waals surface area (Å²) in [4.78, 5) is 32.7. The van der Waals surface area contributed by atoms with Gasteiger partial charge in [0, 0.05) is 21.8 Å². The molecule has 2 aromatic heterocycles. The number of ether oxygens (including phenoxy) is 2. The molecule has 1 atom stereocenters. The average Bonchev–Trinajstić information content (AvgIpc) is 3.60. The summed E-state index contributed by atoms with van der Waals surface area (Å²) in [5.74, 6) is 0.108. The summed E-state index contributed by atoms with van der Waals surface area (Å²) in [6, 6.07) is 24.2. The van der Waals surface area contributed by atoms with Gasteiger partial charge in [-0.3, -0.25) is 9.36 Å². The van der Waals surface area contributed by atoms with Crippen LogP contribution in [0.2, 0.25) is 0 Å². The number of aromatic nitrogens is 3. The second kappa shape index (κ2) is 12.4. The predicted molar refractivity (Wildman–Crippen MR) is 175 cm³/mol. The molecule has 6 rings (SSSR count). The highest BCUT2D eigenvalue weighted by Crippen LogP contribution is 2.32. The van der Waals surface area contributed by atoms with Crippen molar-refractivity contribution in [3.05, 3.63) is 144 Å². The quantitative estimate of drug-likeness (QED) is 0.159. The number of methoxy groups -OCH3 is 1. The lowest BCUT2D eigenvalue weighted by atomic mass is 9.96. The van der Waals surface area contributed by atoms with Gasteiger partial charge in [0.25, 0.3) is 5.56 Å². The van der Waals surface area contributed by atoms with Gasteiger partial charge in [-0.25, -0.2) is 14.5 Å². The predicted octanol–water partition coefficient (Wildman–Crippen LogP) is 5.59. The number of carbonyl (C=O) groups excluding carboxylic acids is 1. The van der Waals surface area contributed by atoms with E-state index >= 15 is 0 Å². The van der Waals surface area contributed by atoms with Crippen LogP contribution in [0.15, 0.2) is 123 Å². The lowest BCUT2D eigenvalue weighted by Crippen LogP contribution is -2.39. The molecular formula is C34H27BrN4O4S. The molecule has 0 aliphatic carbocycles. The topological polar surface area (TPSA) is 87.7 Å². The fourth-order valence-corrected chi connectivity index (χ4v) is 6.38. The molecule has 0 spiro atoms. The van der Waals surface area contributed by atoms with E-state index in [4.69, 9.17) is 19.6 Å². The standard InChI is InChI=1S/C34H27BrN4O4S/c1-4-18-43-33(41)29-21(2)36-34-39(31(29)23-12-16-27(42-3)17-13-23)32(40)28(44-34)19-24-20-38(26-8-6-5-7-9-26)37-30(24)22-10-14-25(35)15-11-22/h4-17,19-20,31H,1,18H2,2-3H3/b28-19-/t31-/m1/s1. The second-order valence-electron chi connectivity index (χ2n) is 9.96. The summed E-state index contributed by atoms with van der Waals surface area (Å²) in [6.07, 6.45) is 5.26. The summed E-state index contributed by atoms with van der Waals surface area (Å²) in [5.41, 5.74) is 4.53. The van der Waals surface area contributed by atoms with Gasteiger partial charge in [-0.05, 0) is 55.0 Å². The maximum atomic E-state index is 14.2. The summed E-state index contributed by atoms with van der Waals surface area (Å²) in [5, 5.41) is 4.90. The third-order valence-corrected chi connectivity index (χ3v) is 8.68. The Morgan fingerprint density at radius 1 is 1.07 bits per heavy atom. The van der Waals surface area contributed by atoms with E-state index in [1.165, 1.54) is 17.4 Å². The van der Waals surface area contributed by atoms with E-state index in [2.05, 4.69) is 22.5 Å². The smallest absolute Gasteiger partial charge is 0.338 e. The lowest BCUT2D eigenvalue weighted by molar-refractivity contribution is -0.138. The largest absolute Gasteiger partial charge is 0.497 e. The number of benzene rings is 3. The van der Waals surface area contributed by atoms with Crippen LogP contribution in [-0.2, 0) is 9.53 Å². The minimum atomic E-state index is -0.741. The monoisotopic (exact) mass is 666 g/mol. The van der Waals surface area contributed by atoms with Crippen molar-refractivity contribution in [3.63, 3.8) is 0 Å². The van der Waals surface area contributed by atoms with E-state index < -0.39 is 12.0 Å². The van der Waals surface area contributed by atoms with Gasteiger partial charge in [-0.2, -0.15) is 5.10 Å². The summed E-state index contributed by atoms with van der Waals surface area (Å²) in [7, 11) is 1.59. The van der Waals surface area contributed by atoms with Crippen molar-refractivity contribution < 1.29 is 14.3 Å². The fourth-order valence-electron chi connectivity index (χ4n) is 5.08. The molecule has 3 heterocycles. The Labute approximate surface area is 265 Å². The Hall–Kier alpha value is -4.80. The van der Waals surface area contributed by atoms with Crippen molar-refractivity contribution >= 4 is 39.3 Å². The zero-order valence-electron chi connectivity index (χ0n) is 23.9. The molecular weight excluding hydrogens is 640 g/mol. The molecule has 3 aromatic carbocycles. The molecule has 1 aliphatic rings. The van der Waals surface area contributed by atoms with Crippen LogP contribution in [0.5, 0.6) is 5.75 Å². The molecule has 0 saturated heterocycles. The number of nitrogens with zero attached hydrogens (tertiary/aromatic N) is 4. The summed E-state index contributed by atoms with van der Waals surface area (Å²) in [6.45, 7) is 5.44. The Bertz CT molecular complexity index is 2080. The lowest BCUT2D eigenvalue weighted by Gasteiger charge is -2.24. The molecule has 0 N–H and O–H groups in total. The van der Waals surface area contributed by atoms with Crippen molar-refractivity contribution in [2.45, 2.75) is 13.0 Å². The first-order chi connectivity index (χ1) is 21.4. The van der Waals surface area contributed by atoms with Crippen LogP contribution in [-0.4, -0.2) is 34.0 Å². The highest BCUT2D eigenvalue weighted by Gasteiger charge is 2.33. The fraction of sp³-hybridized carbons (Fsp3) is 0.118. The van der Waals surface area contributed by atoms with E-state index in [-0.39, 0.29) is 12.2 Å². The maximum absolute atomic E-state index is 14.2. The molecule has 0 unspecified atom stereocenters. The van der Waals surface area contributed by atoms with E-state index in [9.17, 15) is 9.59 Å². The molecule has 0 saturated carbocycles. The second-order valence-corrected chi connectivity index (χ2v) is 11.9. The van der Waals surface area contributed by atoms with Gasteiger partial charge in [-0.1, -0.05) is 82.4 Å². The maximum Gasteiger partial charge on any atom is 0.338 e. The third kappa shape index (κ3) is 5.61. The van der Waals surface area contributed by atoms with E-state index in [0.717, 1.165) is 32.5 Å². The van der Waals surface area contributed by atoms with Gasteiger partial charge in [0.15, 0.2) is 4.80 Å². The third-order valence-electron chi connectivity index (χ3n) is 7.17. The van der Waals surface area contributed by atoms with Gasteiger partial charge >= 0.3 is 5.97 Å². The first-order valence-electron chi connectivity index (χ1n) is 13.7. The first-order valence-corrected chi connectivity index (χ1v) is 15.3. The Morgan fingerprint density at radius 2 is 1.80 bits per heavy atom. The average molecular weight is 668 g/mol. The van der Waals surface area contributed by atoms with Crippen LogP contribution < -0.4 is 19.6 Å². The number of halogens is 1. The molecule has 0 amide bonds. The zero-order valence-corrected chi connectivity index (χ0v) is 26.3. The van der Waals surface area contributed by atoms with Gasteiger partial charge in [0.2, 0.25) is 0 Å². The van der Waals surface area contributed by atoms with Crippen molar-refractivity contribution in [1.29, 1.82) is 0 Å². The van der Waals surface area contributed by atoms with Gasteiger partial charge in [0.1, 0.15) is 12.4 Å². The number of thiazole rings is 1. The van der Waals surface area contributed by atoms with Crippen molar-refractivity contribution in [3.8, 4) is 22.7 Å². The van der Waals surface area contributed by atoms with Crippen molar-refractivity contribution in [2.24, 2.45) is 4.99 Å². The Balaban J connectivity index is 1.54. The van der Waals surface area contributed by atoms with Crippen LogP contribution >= 0.6 is 27.3 Å². The van der Waals surface area contributed by atoms with E-state index in [1.807, 2.05) is 79.0 Å². The number of hydrogen-bond acceptors (Lipinski definition) is 7. The molecule has 1 aliphatic heterocycles. The molecule has 10 heteroatoms. The van der Waals surface area contributed by atoms with Gasteiger partial charge < -0.3 is 9.47 Å². The van der Waals surface area contributed by atoms with Gasteiger partial charge in [-0.15, -0.1) is 0 Å². The normalized spacial score (nSPS) is 14.6. The molecule has 5 aromatic rings. The number of rotatable bonds is 8. The van der Waals surface area contributed by atoms with Gasteiger partial charge in [0.05, 0.1) is 40.3 Å². The number of para-hydroxylation sites is 1. The molecule has 0 fully saturated rings. The van der Waals surface area contributed by atoms with E-state index in [0.29, 0.717) is 26.4 Å². The van der Waals surface area contributed by atoms with Crippen LogP contribution in [0.3, 0.4) is 0 Å². The molecule has 8 nitrogen and oxygen atoms in total. The molecule has 0 bridgehead atoms. The van der Waals surface area contributed by atoms with Crippen LogP contribution in [0, 0.1) is 0 Å². The Kier molecular flexibility index (Phi) is 8.28. The summed E-state index contributed by atoms with van der Waals surface area (Å²) >= 11 is 4.77. The number of allylic oxidation sites excluding steroid dienone is 1. The van der Waals surface area contributed by atoms with Crippen LogP contribution in [0.4, 0.5) is 0 Å². The zero-order chi connectivity index (χ0) is 30.8. The minimum absolute atomic E-state index is 0.0413.